The van der Waals surface area contributed by atoms with Gasteiger partial charge in [-0.15, -0.1) is 0 Å². The molecule has 0 aliphatic carbocycles. The molecule has 0 radical (unpaired) electrons. The lowest BCUT2D eigenvalue weighted by atomic mass is 10.0. The number of pyridine rings is 1. The minimum absolute atomic E-state index is 0.0308. The number of unbranched alkanes of at least 4 members (excludes halogenated alkanes) is 1. The maximum atomic E-state index is 11.5. The zero-order valence-electron chi connectivity index (χ0n) is 10.4. The number of carbonyl (C=O) groups is 1. The van der Waals surface area contributed by atoms with Crippen LogP contribution in [0.1, 0.15) is 42.7 Å². The van der Waals surface area contributed by atoms with Gasteiger partial charge in [-0.25, -0.2) is 0 Å². The first-order chi connectivity index (χ1) is 8.22. The van der Waals surface area contributed by atoms with E-state index in [1.165, 1.54) is 18.4 Å². The van der Waals surface area contributed by atoms with Crippen LogP contribution in [0.2, 0.25) is 0 Å². The number of ketones is 1. The molecule has 2 aromatic rings. The second-order valence-corrected chi connectivity index (χ2v) is 4.37. The van der Waals surface area contributed by atoms with E-state index in [4.69, 9.17) is 0 Å². The van der Waals surface area contributed by atoms with Crippen LogP contribution in [-0.4, -0.2) is 10.8 Å². The third kappa shape index (κ3) is 2.52. The van der Waals surface area contributed by atoms with Crippen molar-refractivity contribution in [2.45, 2.75) is 33.1 Å². The van der Waals surface area contributed by atoms with Gasteiger partial charge in [-0.05, 0) is 35.9 Å². The van der Waals surface area contributed by atoms with Crippen molar-refractivity contribution in [1.82, 2.24) is 4.98 Å². The lowest BCUT2D eigenvalue weighted by Gasteiger charge is -2.05. The van der Waals surface area contributed by atoms with Gasteiger partial charge in [0.15, 0.2) is 5.78 Å². The average Bonchev–Trinajstić information content (AvgIpc) is 2.35. The molecule has 17 heavy (non-hydrogen) atoms. The summed E-state index contributed by atoms with van der Waals surface area (Å²) in [7, 11) is 0. The molecule has 0 spiro atoms. The van der Waals surface area contributed by atoms with E-state index in [2.05, 4.69) is 30.1 Å². The standard InChI is InChI=1S/C15H17NO/c1-3-4-5-12-6-7-13-8-9-16-15(11(2)17)14(13)10-12/h6-10H,3-5H2,1-2H3. The van der Waals surface area contributed by atoms with Crippen molar-refractivity contribution >= 4 is 16.6 Å². The van der Waals surface area contributed by atoms with Gasteiger partial charge in [-0.3, -0.25) is 9.78 Å². The largest absolute Gasteiger partial charge is 0.293 e. The van der Waals surface area contributed by atoms with Gasteiger partial charge in [0.1, 0.15) is 5.69 Å². The van der Waals surface area contributed by atoms with E-state index in [0.29, 0.717) is 5.69 Å². The van der Waals surface area contributed by atoms with Gasteiger partial charge in [-0.1, -0.05) is 25.5 Å². The Hall–Kier alpha value is -1.70. The predicted molar refractivity (Wildman–Crippen MR) is 70.4 cm³/mol. The van der Waals surface area contributed by atoms with E-state index in [-0.39, 0.29) is 5.78 Å². The van der Waals surface area contributed by atoms with E-state index in [9.17, 15) is 4.79 Å². The minimum Gasteiger partial charge on any atom is -0.293 e. The van der Waals surface area contributed by atoms with Crippen molar-refractivity contribution in [2.75, 3.05) is 0 Å². The fourth-order valence-corrected chi connectivity index (χ4v) is 2.03. The van der Waals surface area contributed by atoms with E-state index in [0.717, 1.165) is 17.2 Å². The molecule has 0 saturated carbocycles. The van der Waals surface area contributed by atoms with Gasteiger partial charge in [0, 0.05) is 18.5 Å². The van der Waals surface area contributed by atoms with Gasteiger partial charge in [0.05, 0.1) is 0 Å². The SMILES string of the molecule is CCCCc1ccc2ccnc(C(C)=O)c2c1. The number of rotatable bonds is 4. The highest BCUT2D eigenvalue weighted by Gasteiger charge is 2.07. The van der Waals surface area contributed by atoms with Crippen molar-refractivity contribution < 1.29 is 4.79 Å². The molecule has 1 aromatic carbocycles. The lowest BCUT2D eigenvalue weighted by molar-refractivity contribution is 0.101. The van der Waals surface area contributed by atoms with Crippen LogP contribution < -0.4 is 0 Å². The third-order valence-corrected chi connectivity index (χ3v) is 2.98. The van der Waals surface area contributed by atoms with Crippen molar-refractivity contribution in [3.05, 3.63) is 41.7 Å². The summed E-state index contributed by atoms with van der Waals surface area (Å²) in [5, 5.41) is 2.07. The van der Waals surface area contributed by atoms with Gasteiger partial charge in [0.25, 0.3) is 0 Å². The quantitative estimate of drug-likeness (QED) is 0.744. The molecular formula is C15H17NO. The summed E-state index contributed by atoms with van der Waals surface area (Å²) in [5.74, 6) is 0.0308. The summed E-state index contributed by atoms with van der Waals surface area (Å²) in [5.41, 5.74) is 1.87. The Morgan fingerprint density at radius 3 is 2.82 bits per heavy atom. The van der Waals surface area contributed by atoms with E-state index < -0.39 is 0 Å². The van der Waals surface area contributed by atoms with Gasteiger partial charge < -0.3 is 0 Å². The van der Waals surface area contributed by atoms with Crippen molar-refractivity contribution in [2.24, 2.45) is 0 Å². The number of Topliss-reactive ketones (excluding diaryl/α,β-unsaturated/α-hetero) is 1. The van der Waals surface area contributed by atoms with Gasteiger partial charge in [-0.2, -0.15) is 0 Å². The molecule has 0 atom stereocenters. The van der Waals surface area contributed by atoms with Crippen LogP contribution in [0.15, 0.2) is 30.5 Å². The van der Waals surface area contributed by atoms with Gasteiger partial charge >= 0.3 is 0 Å². The summed E-state index contributed by atoms with van der Waals surface area (Å²) in [6.45, 7) is 3.75. The monoisotopic (exact) mass is 227 g/mol. The second kappa shape index (κ2) is 5.09. The van der Waals surface area contributed by atoms with Gasteiger partial charge in [0.2, 0.25) is 0 Å². The molecule has 0 aliphatic heterocycles. The Morgan fingerprint density at radius 2 is 2.12 bits per heavy atom. The highest BCUT2D eigenvalue weighted by Crippen LogP contribution is 2.20. The fraction of sp³-hybridized carbons (Fsp3) is 0.333. The Labute approximate surface area is 102 Å². The third-order valence-electron chi connectivity index (χ3n) is 2.98. The van der Waals surface area contributed by atoms with Crippen LogP contribution in [0.5, 0.6) is 0 Å². The molecule has 0 fully saturated rings. The molecule has 0 saturated heterocycles. The first kappa shape index (κ1) is 11.8. The average molecular weight is 227 g/mol. The lowest BCUT2D eigenvalue weighted by Crippen LogP contribution is -1.98. The maximum absolute atomic E-state index is 11.5. The molecule has 0 aliphatic rings. The predicted octanol–water partition coefficient (Wildman–Crippen LogP) is 3.78. The van der Waals surface area contributed by atoms with Crippen LogP contribution in [0, 0.1) is 0 Å². The summed E-state index contributed by atoms with van der Waals surface area (Å²) in [4.78, 5) is 15.7. The molecule has 2 rings (SSSR count). The number of hydrogen-bond acceptors (Lipinski definition) is 2. The molecule has 1 heterocycles. The number of benzene rings is 1. The first-order valence-corrected chi connectivity index (χ1v) is 6.11. The smallest absolute Gasteiger partial charge is 0.178 e. The molecular weight excluding hydrogens is 210 g/mol. The van der Waals surface area contributed by atoms with Crippen LogP contribution in [0.3, 0.4) is 0 Å². The zero-order valence-corrected chi connectivity index (χ0v) is 10.4. The molecule has 88 valence electrons. The van der Waals surface area contributed by atoms with E-state index >= 15 is 0 Å². The summed E-state index contributed by atoms with van der Waals surface area (Å²) in [6.07, 6.45) is 5.13. The molecule has 0 bridgehead atoms. The number of carbonyl (C=O) groups excluding carboxylic acids is 1. The topological polar surface area (TPSA) is 30.0 Å². The molecule has 2 heteroatoms. The van der Waals surface area contributed by atoms with Crippen molar-refractivity contribution in [1.29, 1.82) is 0 Å². The molecule has 2 nitrogen and oxygen atoms in total. The second-order valence-electron chi connectivity index (χ2n) is 4.37. The van der Waals surface area contributed by atoms with E-state index in [1.807, 2.05) is 6.07 Å². The minimum atomic E-state index is 0.0308. The highest BCUT2D eigenvalue weighted by atomic mass is 16.1. The van der Waals surface area contributed by atoms with Crippen LogP contribution in [-0.2, 0) is 6.42 Å². The molecule has 0 N–H and O–H groups in total. The Bertz CT molecular complexity index is 546. The van der Waals surface area contributed by atoms with Crippen LogP contribution in [0.4, 0.5) is 0 Å². The molecule has 1 aromatic heterocycles. The van der Waals surface area contributed by atoms with E-state index in [1.54, 1.807) is 13.1 Å². The number of nitrogens with zero attached hydrogens (tertiary/aromatic N) is 1. The fourth-order valence-electron chi connectivity index (χ4n) is 2.03. The Balaban J connectivity index is 2.50. The Kier molecular flexibility index (Phi) is 3.52. The van der Waals surface area contributed by atoms with Crippen LogP contribution >= 0.6 is 0 Å². The number of fused-ring (bicyclic) bond motifs is 1. The molecule has 0 unspecified atom stereocenters. The highest BCUT2D eigenvalue weighted by molar-refractivity contribution is 6.05. The first-order valence-electron chi connectivity index (χ1n) is 6.11. The summed E-state index contributed by atoms with van der Waals surface area (Å²) < 4.78 is 0. The number of aromatic nitrogens is 1. The number of aryl methyl sites for hydroxylation is 1. The van der Waals surface area contributed by atoms with Crippen LogP contribution in [0.25, 0.3) is 10.8 Å². The zero-order chi connectivity index (χ0) is 12.3. The Morgan fingerprint density at radius 1 is 1.29 bits per heavy atom. The number of hydrogen-bond donors (Lipinski definition) is 0. The molecule has 0 amide bonds. The maximum Gasteiger partial charge on any atom is 0.178 e. The summed E-state index contributed by atoms with van der Waals surface area (Å²) in [6, 6.07) is 8.27. The normalized spacial score (nSPS) is 10.7. The van der Waals surface area contributed by atoms with Crippen molar-refractivity contribution in [3.8, 4) is 0 Å². The summed E-state index contributed by atoms with van der Waals surface area (Å²) >= 11 is 0. The van der Waals surface area contributed by atoms with Crippen molar-refractivity contribution in [3.63, 3.8) is 0 Å².